The number of hydrogen-bond donors (Lipinski definition) is 0. The van der Waals surface area contributed by atoms with E-state index >= 15 is 0 Å². The lowest BCUT2D eigenvalue weighted by Crippen LogP contribution is -1.84. The zero-order valence-corrected chi connectivity index (χ0v) is 10.9. The predicted octanol–water partition coefficient (Wildman–Crippen LogP) is 2.81. The standard InChI is InChI=1S/C8H10O2.C3H10Si/c1-9-7-3-5-8(10-2)6-4-7;1-4(2)3/h3-6H,1-2H3;4H,1-3H3. The Morgan fingerprint density at radius 3 is 1.14 bits per heavy atom. The summed E-state index contributed by atoms with van der Waals surface area (Å²) in [6.45, 7) is 6.92. The highest BCUT2D eigenvalue weighted by Crippen LogP contribution is 2.15. The summed E-state index contributed by atoms with van der Waals surface area (Å²) in [7, 11) is 3.14. The van der Waals surface area contributed by atoms with Gasteiger partial charge in [-0.05, 0) is 24.3 Å². The quantitative estimate of drug-likeness (QED) is 0.702. The third-order valence-electron chi connectivity index (χ3n) is 1.30. The molecule has 0 saturated heterocycles. The summed E-state index contributed by atoms with van der Waals surface area (Å²) in [5.41, 5.74) is 0. The van der Waals surface area contributed by atoms with Crippen LogP contribution in [-0.2, 0) is 0 Å². The van der Waals surface area contributed by atoms with Crippen molar-refractivity contribution >= 4 is 8.80 Å². The van der Waals surface area contributed by atoms with E-state index in [0.29, 0.717) is 0 Å². The van der Waals surface area contributed by atoms with Gasteiger partial charge in [0.2, 0.25) is 0 Å². The number of benzene rings is 1. The molecule has 0 aromatic heterocycles. The average Bonchev–Trinajstić information content (AvgIpc) is 2.17. The first-order chi connectivity index (χ1) is 6.60. The van der Waals surface area contributed by atoms with Crippen LogP contribution in [0.5, 0.6) is 11.5 Å². The highest BCUT2D eigenvalue weighted by atomic mass is 28.3. The molecule has 14 heavy (non-hydrogen) atoms. The van der Waals surface area contributed by atoms with Crippen molar-refractivity contribution < 1.29 is 9.47 Å². The fourth-order valence-corrected chi connectivity index (χ4v) is 0.712. The molecule has 0 amide bonds. The Morgan fingerprint density at radius 2 is 1.00 bits per heavy atom. The Hall–Kier alpha value is -0.963. The zero-order chi connectivity index (χ0) is 11.0. The first-order valence-electron chi connectivity index (χ1n) is 4.78. The van der Waals surface area contributed by atoms with Crippen molar-refractivity contribution in [2.45, 2.75) is 19.6 Å². The van der Waals surface area contributed by atoms with E-state index in [4.69, 9.17) is 9.47 Å². The second-order valence-electron chi connectivity index (χ2n) is 3.61. The molecule has 0 aliphatic heterocycles. The molecule has 0 radical (unpaired) electrons. The highest BCUT2D eigenvalue weighted by Gasteiger charge is 1.89. The van der Waals surface area contributed by atoms with Crippen molar-refractivity contribution in [3.8, 4) is 11.5 Å². The Balaban J connectivity index is 0.000000364. The van der Waals surface area contributed by atoms with Gasteiger partial charge in [-0.2, -0.15) is 0 Å². The molecule has 80 valence electrons. The molecular formula is C11H20O2Si. The van der Waals surface area contributed by atoms with Crippen LogP contribution >= 0.6 is 0 Å². The largest absolute Gasteiger partial charge is 0.497 e. The Morgan fingerprint density at radius 1 is 0.786 bits per heavy atom. The van der Waals surface area contributed by atoms with E-state index < -0.39 is 0 Å². The van der Waals surface area contributed by atoms with Crippen LogP contribution in [0.4, 0.5) is 0 Å². The maximum Gasteiger partial charge on any atom is 0.119 e. The van der Waals surface area contributed by atoms with E-state index in [1.54, 1.807) is 14.2 Å². The van der Waals surface area contributed by atoms with Gasteiger partial charge in [-0.1, -0.05) is 19.6 Å². The van der Waals surface area contributed by atoms with Gasteiger partial charge in [-0.25, -0.2) is 0 Å². The molecule has 0 aliphatic carbocycles. The van der Waals surface area contributed by atoms with Crippen LogP contribution in [0.25, 0.3) is 0 Å². The summed E-state index contributed by atoms with van der Waals surface area (Å²) < 4.78 is 9.92. The summed E-state index contributed by atoms with van der Waals surface area (Å²) in [6, 6.07) is 7.44. The van der Waals surface area contributed by atoms with E-state index in [0.717, 1.165) is 11.5 Å². The number of hydrogen-bond acceptors (Lipinski definition) is 2. The summed E-state index contributed by atoms with van der Waals surface area (Å²) in [4.78, 5) is 0. The minimum absolute atomic E-state index is 0.139. The van der Waals surface area contributed by atoms with Gasteiger partial charge in [0, 0.05) is 8.80 Å². The molecule has 0 unspecified atom stereocenters. The third kappa shape index (κ3) is 6.54. The highest BCUT2D eigenvalue weighted by molar-refractivity contribution is 6.54. The van der Waals surface area contributed by atoms with E-state index in [-0.39, 0.29) is 8.80 Å². The SMILES string of the molecule is COc1ccc(OC)cc1.C[SiH](C)C. The average molecular weight is 212 g/mol. The number of ether oxygens (including phenoxy) is 2. The second-order valence-corrected chi connectivity index (χ2v) is 7.08. The number of methoxy groups -OCH3 is 2. The van der Waals surface area contributed by atoms with Gasteiger partial charge >= 0.3 is 0 Å². The van der Waals surface area contributed by atoms with Crippen molar-refractivity contribution in [1.82, 2.24) is 0 Å². The van der Waals surface area contributed by atoms with Crippen molar-refractivity contribution in [1.29, 1.82) is 0 Å². The molecule has 1 aromatic rings. The summed E-state index contributed by atoms with van der Waals surface area (Å²) in [5.74, 6) is 1.70. The molecule has 1 rings (SSSR count). The molecule has 1 aromatic carbocycles. The minimum Gasteiger partial charge on any atom is -0.497 e. The molecular weight excluding hydrogens is 192 g/mol. The fourth-order valence-electron chi connectivity index (χ4n) is 0.712. The third-order valence-corrected chi connectivity index (χ3v) is 1.30. The monoisotopic (exact) mass is 212 g/mol. The minimum atomic E-state index is -0.139. The molecule has 3 heteroatoms. The molecule has 0 aliphatic rings. The number of rotatable bonds is 2. The Kier molecular flexibility index (Phi) is 6.93. The topological polar surface area (TPSA) is 18.5 Å². The molecule has 2 nitrogen and oxygen atoms in total. The van der Waals surface area contributed by atoms with Crippen LogP contribution in [0.15, 0.2) is 24.3 Å². The van der Waals surface area contributed by atoms with Gasteiger partial charge in [0.25, 0.3) is 0 Å². The summed E-state index contributed by atoms with van der Waals surface area (Å²) in [6.07, 6.45) is 0. The molecule has 0 saturated carbocycles. The maximum absolute atomic E-state index is 4.96. The van der Waals surface area contributed by atoms with E-state index in [1.807, 2.05) is 24.3 Å². The van der Waals surface area contributed by atoms with Crippen molar-refractivity contribution in [2.75, 3.05) is 14.2 Å². The fraction of sp³-hybridized carbons (Fsp3) is 0.455. The lowest BCUT2D eigenvalue weighted by atomic mass is 10.3. The Labute approximate surface area is 88.5 Å². The van der Waals surface area contributed by atoms with Gasteiger partial charge in [-0.3, -0.25) is 0 Å². The van der Waals surface area contributed by atoms with Crippen molar-refractivity contribution in [3.05, 3.63) is 24.3 Å². The molecule has 0 heterocycles. The predicted molar refractivity (Wildman–Crippen MR) is 64.3 cm³/mol. The molecule has 0 bridgehead atoms. The lowest BCUT2D eigenvalue weighted by molar-refractivity contribution is 0.403. The second kappa shape index (κ2) is 7.44. The van der Waals surface area contributed by atoms with Crippen LogP contribution in [0, 0.1) is 0 Å². The van der Waals surface area contributed by atoms with Crippen LogP contribution in [0.3, 0.4) is 0 Å². The van der Waals surface area contributed by atoms with E-state index in [9.17, 15) is 0 Å². The van der Waals surface area contributed by atoms with Crippen LogP contribution in [-0.4, -0.2) is 23.0 Å². The molecule has 0 atom stereocenters. The molecule has 0 fully saturated rings. The van der Waals surface area contributed by atoms with E-state index in [2.05, 4.69) is 19.6 Å². The first kappa shape index (κ1) is 13.0. The summed E-state index contributed by atoms with van der Waals surface area (Å²) in [5, 5.41) is 0. The van der Waals surface area contributed by atoms with Crippen LogP contribution in [0.1, 0.15) is 0 Å². The van der Waals surface area contributed by atoms with Gasteiger partial charge < -0.3 is 9.47 Å². The van der Waals surface area contributed by atoms with E-state index in [1.165, 1.54) is 0 Å². The first-order valence-corrected chi connectivity index (χ1v) is 8.24. The van der Waals surface area contributed by atoms with Crippen LogP contribution < -0.4 is 9.47 Å². The van der Waals surface area contributed by atoms with Gasteiger partial charge in [0.15, 0.2) is 0 Å². The van der Waals surface area contributed by atoms with Crippen molar-refractivity contribution in [2.24, 2.45) is 0 Å². The maximum atomic E-state index is 4.96. The smallest absolute Gasteiger partial charge is 0.119 e. The summed E-state index contributed by atoms with van der Waals surface area (Å²) >= 11 is 0. The van der Waals surface area contributed by atoms with Gasteiger partial charge in [0.05, 0.1) is 14.2 Å². The molecule has 0 spiro atoms. The van der Waals surface area contributed by atoms with Gasteiger partial charge in [0.1, 0.15) is 11.5 Å². The Bertz CT molecular complexity index is 206. The van der Waals surface area contributed by atoms with Crippen molar-refractivity contribution in [3.63, 3.8) is 0 Å². The van der Waals surface area contributed by atoms with Gasteiger partial charge in [-0.15, -0.1) is 0 Å². The normalized spacial score (nSPS) is 9.00. The molecule has 0 N–H and O–H groups in total. The zero-order valence-electron chi connectivity index (χ0n) is 9.70. The lowest BCUT2D eigenvalue weighted by Gasteiger charge is -2.00. The van der Waals surface area contributed by atoms with Crippen LogP contribution in [0.2, 0.25) is 19.6 Å².